The fourth-order valence-electron chi connectivity index (χ4n) is 2.50. The van der Waals surface area contributed by atoms with Crippen LogP contribution in [0.5, 0.6) is 0 Å². The number of benzene rings is 1. The van der Waals surface area contributed by atoms with Gasteiger partial charge in [0.2, 0.25) is 5.91 Å². The first-order chi connectivity index (χ1) is 10.4. The Bertz CT molecular complexity index is 618. The molecule has 0 radical (unpaired) electrons. The Hall–Kier alpha value is -2.08. The topological polar surface area (TPSA) is 86.7 Å². The lowest BCUT2D eigenvalue weighted by atomic mass is 9.97. The zero-order valence-corrected chi connectivity index (χ0v) is 12.9. The Labute approximate surface area is 133 Å². The van der Waals surface area contributed by atoms with Gasteiger partial charge in [0, 0.05) is 25.7 Å². The summed E-state index contributed by atoms with van der Waals surface area (Å²) in [6, 6.07) is 4.66. The number of carboxylic acids is 1. The number of halogens is 1. The fourth-order valence-corrected chi connectivity index (χ4v) is 2.70. The van der Waals surface area contributed by atoms with Crippen LogP contribution in [0.4, 0.5) is 5.69 Å². The number of nitrogens with one attached hydrogen (secondary N) is 1. The number of hydrogen-bond donors (Lipinski definition) is 2. The summed E-state index contributed by atoms with van der Waals surface area (Å²) in [5, 5.41) is 12.0. The highest BCUT2D eigenvalue weighted by Gasteiger charge is 2.29. The van der Waals surface area contributed by atoms with Crippen LogP contribution in [0.3, 0.4) is 0 Å². The van der Waals surface area contributed by atoms with Crippen molar-refractivity contribution in [3.05, 3.63) is 28.8 Å². The molecule has 0 bridgehead atoms. The molecule has 1 saturated heterocycles. The molecule has 2 N–H and O–H groups in total. The third kappa shape index (κ3) is 3.76. The van der Waals surface area contributed by atoms with Gasteiger partial charge >= 0.3 is 5.97 Å². The maximum absolute atomic E-state index is 12.6. The molecule has 118 valence electrons. The van der Waals surface area contributed by atoms with Crippen LogP contribution in [0.1, 0.15) is 30.1 Å². The minimum atomic E-state index is -0.893. The summed E-state index contributed by atoms with van der Waals surface area (Å²) in [5.41, 5.74) is 0.742. The van der Waals surface area contributed by atoms with Gasteiger partial charge in [-0.1, -0.05) is 11.6 Å². The maximum Gasteiger partial charge on any atom is 0.308 e. The van der Waals surface area contributed by atoms with Crippen LogP contribution in [-0.2, 0) is 9.59 Å². The van der Waals surface area contributed by atoms with Crippen molar-refractivity contribution in [2.24, 2.45) is 5.92 Å². The Morgan fingerprint density at radius 3 is 2.73 bits per heavy atom. The van der Waals surface area contributed by atoms with E-state index >= 15 is 0 Å². The van der Waals surface area contributed by atoms with Crippen molar-refractivity contribution in [2.45, 2.75) is 19.8 Å². The van der Waals surface area contributed by atoms with Gasteiger partial charge in [-0.3, -0.25) is 14.4 Å². The van der Waals surface area contributed by atoms with E-state index in [0.717, 1.165) is 0 Å². The van der Waals surface area contributed by atoms with Crippen LogP contribution < -0.4 is 5.32 Å². The van der Waals surface area contributed by atoms with Crippen molar-refractivity contribution >= 4 is 35.1 Å². The first-order valence-corrected chi connectivity index (χ1v) is 7.35. The quantitative estimate of drug-likeness (QED) is 0.892. The molecule has 1 heterocycles. The summed E-state index contributed by atoms with van der Waals surface area (Å²) in [5.74, 6) is -2.00. The van der Waals surface area contributed by atoms with Gasteiger partial charge < -0.3 is 15.3 Å². The molecule has 1 fully saturated rings. The molecule has 7 heteroatoms. The predicted octanol–water partition coefficient (Wildman–Crippen LogP) is 2.24. The van der Waals surface area contributed by atoms with Gasteiger partial charge in [0.1, 0.15) is 0 Å². The maximum atomic E-state index is 12.6. The highest BCUT2D eigenvalue weighted by molar-refractivity contribution is 6.34. The standard InChI is InChI=1S/C15H17ClN2O4/c1-9(19)17-11-4-5-13(16)12(7-11)14(20)18-6-2-3-10(8-18)15(21)22/h4-5,7,10H,2-3,6,8H2,1H3,(H,17,19)(H,21,22)/t10-/m0/s1. The van der Waals surface area contributed by atoms with E-state index in [4.69, 9.17) is 16.7 Å². The summed E-state index contributed by atoms with van der Waals surface area (Å²) < 4.78 is 0. The first kappa shape index (κ1) is 16.3. The Morgan fingerprint density at radius 2 is 2.09 bits per heavy atom. The van der Waals surface area contributed by atoms with Gasteiger partial charge in [0.15, 0.2) is 0 Å². The van der Waals surface area contributed by atoms with E-state index in [1.54, 1.807) is 12.1 Å². The molecule has 6 nitrogen and oxygen atoms in total. The molecule has 0 spiro atoms. The third-order valence-electron chi connectivity index (χ3n) is 3.57. The summed E-state index contributed by atoms with van der Waals surface area (Å²) in [4.78, 5) is 36.2. The number of nitrogens with zero attached hydrogens (tertiary/aromatic N) is 1. The predicted molar refractivity (Wildman–Crippen MR) is 82.0 cm³/mol. The second-order valence-corrected chi connectivity index (χ2v) is 5.71. The second kappa shape index (κ2) is 6.79. The molecule has 0 saturated carbocycles. The van der Waals surface area contributed by atoms with Crippen molar-refractivity contribution in [1.29, 1.82) is 0 Å². The zero-order chi connectivity index (χ0) is 16.3. The van der Waals surface area contributed by atoms with Gasteiger partial charge in [-0.15, -0.1) is 0 Å². The lowest BCUT2D eigenvalue weighted by Crippen LogP contribution is -2.42. The van der Waals surface area contributed by atoms with E-state index in [1.807, 2.05) is 0 Å². The molecule has 1 aromatic carbocycles. The van der Waals surface area contributed by atoms with Gasteiger partial charge in [-0.2, -0.15) is 0 Å². The van der Waals surface area contributed by atoms with Crippen molar-refractivity contribution < 1.29 is 19.5 Å². The zero-order valence-electron chi connectivity index (χ0n) is 12.1. The molecule has 1 atom stereocenters. The van der Waals surface area contributed by atoms with E-state index in [0.29, 0.717) is 25.1 Å². The number of carbonyl (C=O) groups is 3. The van der Waals surface area contributed by atoms with E-state index in [1.165, 1.54) is 17.9 Å². The molecule has 0 unspecified atom stereocenters. The lowest BCUT2D eigenvalue weighted by Gasteiger charge is -2.31. The second-order valence-electron chi connectivity index (χ2n) is 5.30. The first-order valence-electron chi connectivity index (χ1n) is 6.97. The molecular weight excluding hydrogens is 308 g/mol. The molecule has 1 aliphatic heterocycles. The molecule has 0 aliphatic carbocycles. The summed E-state index contributed by atoms with van der Waals surface area (Å²) in [7, 11) is 0. The van der Waals surface area contributed by atoms with Crippen molar-refractivity contribution in [1.82, 2.24) is 4.90 Å². The number of rotatable bonds is 3. The minimum absolute atomic E-state index is 0.175. The smallest absolute Gasteiger partial charge is 0.308 e. The van der Waals surface area contributed by atoms with E-state index in [-0.39, 0.29) is 28.9 Å². The Balaban J connectivity index is 2.21. The molecule has 0 aromatic heterocycles. The summed E-state index contributed by atoms with van der Waals surface area (Å²) in [6.07, 6.45) is 1.21. The van der Waals surface area contributed by atoms with Crippen LogP contribution in [-0.4, -0.2) is 40.9 Å². The molecule has 2 amide bonds. The lowest BCUT2D eigenvalue weighted by molar-refractivity contribution is -0.143. The summed E-state index contributed by atoms with van der Waals surface area (Å²) in [6.45, 7) is 2.05. The molecular formula is C15H17ClN2O4. The number of likely N-dealkylation sites (tertiary alicyclic amines) is 1. The number of amides is 2. The van der Waals surface area contributed by atoms with Crippen molar-refractivity contribution in [2.75, 3.05) is 18.4 Å². The average Bonchev–Trinajstić information content (AvgIpc) is 2.48. The van der Waals surface area contributed by atoms with Gasteiger partial charge in [-0.05, 0) is 31.0 Å². The van der Waals surface area contributed by atoms with Crippen LogP contribution >= 0.6 is 11.6 Å². The number of piperidine rings is 1. The normalized spacial score (nSPS) is 17.9. The Kier molecular flexibility index (Phi) is 5.03. The molecule has 1 aromatic rings. The minimum Gasteiger partial charge on any atom is -0.481 e. The van der Waals surface area contributed by atoms with Gasteiger partial charge in [-0.25, -0.2) is 0 Å². The largest absolute Gasteiger partial charge is 0.481 e. The van der Waals surface area contributed by atoms with Gasteiger partial charge in [0.05, 0.1) is 16.5 Å². The summed E-state index contributed by atoms with van der Waals surface area (Å²) >= 11 is 6.07. The van der Waals surface area contributed by atoms with E-state index in [9.17, 15) is 14.4 Å². The van der Waals surface area contributed by atoms with Crippen molar-refractivity contribution in [3.63, 3.8) is 0 Å². The number of aliphatic carboxylic acids is 1. The van der Waals surface area contributed by atoms with Crippen LogP contribution in [0.2, 0.25) is 5.02 Å². The average molecular weight is 325 g/mol. The number of carbonyl (C=O) groups excluding carboxylic acids is 2. The van der Waals surface area contributed by atoms with Crippen LogP contribution in [0.15, 0.2) is 18.2 Å². The molecule has 2 rings (SSSR count). The highest BCUT2D eigenvalue weighted by atomic mass is 35.5. The van der Waals surface area contributed by atoms with Gasteiger partial charge in [0.25, 0.3) is 5.91 Å². The number of anilines is 1. The third-order valence-corrected chi connectivity index (χ3v) is 3.90. The molecule has 22 heavy (non-hydrogen) atoms. The highest BCUT2D eigenvalue weighted by Crippen LogP contribution is 2.25. The fraction of sp³-hybridized carbons (Fsp3) is 0.400. The van der Waals surface area contributed by atoms with Crippen LogP contribution in [0, 0.1) is 5.92 Å². The number of carboxylic acid groups (broad SMARTS) is 1. The van der Waals surface area contributed by atoms with E-state index < -0.39 is 11.9 Å². The van der Waals surface area contributed by atoms with Crippen molar-refractivity contribution in [3.8, 4) is 0 Å². The van der Waals surface area contributed by atoms with Crippen LogP contribution in [0.25, 0.3) is 0 Å². The molecule has 1 aliphatic rings. The Morgan fingerprint density at radius 1 is 1.36 bits per heavy atom. The SMILES string of the molecule is CC(=O)Nc1ccc(Cl)c(C(=O)N2CCC[C@H](C(=O)O)C2)c1. The van der Waals surface area contributed by atoms with E-state index in [2.05, 4.69) is 5.32 Å². The number of hydrogen-bond acceptors (Lipinski definition) is 3. The monoisotopic (exact) mass is 324 g/mol.